The fourth-order valence-electron chi connectivity index (χ4n) is 2.14. The number of fused-ring (bicyclic) bond motifs is 1. The minimum absolute atomic E-state index is 0.0524. The van der Waals surface area contributed by atoms with E-state index in [1.54, 1.807) is 0 Å². The molecule has 3 nitrogen and oxygen atoms in total. The zero-order valence-corrected chi connectivity index (χ0v) is 6.97. The molecule has 1 N–H and O–H groups in total. The van der Waals surface area contributed by atoms with Crippen molar-refractivity contribution in [3.05, 3.63) is 0 Å². The van der Waals surface area contributed by atoms with Gasteiger partial charge in [-0.1, -0.05) is 0 Å². The number of ether oxygens (including phenoxy) is 1. The van der Waals surface area contributed by atoms with Gasteiger partial charge in [0.15, 0.2) is 0 Å². The van der Waals surface area contributed by atoms with Crippen LogP contribution < -0.4 is 5.32 Å². The Morgan fingerprint density at radius 1 is 1.67 bits per heavy atom. The standard InChI is InChI=1S/C8H12FNO2/c1-12-7(11)2-8(9)5-3-10-4-6(5)8/h5-6,10H,2-4H2,1H3/t5-,6+,8?. The second-order valence-electron chi connectivity index (χ2n) is 3.55. The second-order valence-corrected chi connectivity index (χ2v) is 3.55. The first kappa shape index (κ1) is 7.98. The summed E-state index contributed by atoms with van der Waals surface area (Å²) in [5, 5.41) is 3.08. The zero-order chi connectivity index (χ0) is 8.77. The number of carbonyl (C=O) groups is 1. The van der Waals surface area contributed by atoms with E-state index < -0.39 is 11.6 Å². The summed E-state index contributed by atoms with van der Waals surface area (Å²) in [6.45, 7) is 1.41. The molecule has 0 aromatic heterocycles. The quantitative estimate of drug-likeness (QED) is 0.602. The van der Waals surface area contributed by atoms with Crippen LogP contribution >= 0.6 is 0 Å². The highest BCUT2D eigenvalue weighted by atomic mass is 19.1. The predicted octanol–water partition coefficient (Wildman–Crippen LogP) is 0.107. The maximum atomic E-state index is 13.7. The van der Waals surface area contributed by atoms with Gasteiger partial charge in [-0.2, -0.15) is 0 Å². The van der Waals surface area contributed by atoms with Crippen LogP contribution in [0.15, 0.2) is 0 Å². The maximum absolute atomic E-state index is 13.7. The fourth-order valence-corrected chi connectivity index (χ4v) is 2.14. The second kappa shape index (κ2) is 2.42. The third kappa shape index (κ3) is 0.941. The maximum Gasteiger partial charge on any atom is 0.308 e. The van der Waals surface area contributed by atoms with E-state index in [9.17, 15) is 9.18 Å². The Balaban J connectivity index is 1.93. The van der Waals surface area contributed by atoms with E-state index in [1.165, 1.54) is 7.11 Å². The number of methoxy groups -OCH3 is 1. The molecule has 1 saturated carbocycles. The zero-order valence-electron chi connectivity index (χ0n) is 6.97. The van der Waals surface area contributed by atoms with Crippen molar-refractivity contribution in [2.45, 2.75) is 12.1 Å². The van der Waals surface area contributed by atoms with Gasteiger partial charge in [0, 0.05) is 24.9 Å². The Labute approximate surface area is 70.3 Å². The lowest BCUT2D eigenvalue weighted by atomic mass is 10.1. The Morgan fingerprint density at radius 2 is 2.25 bits per heavy atom. The van der Waals surface area contributed by atoms with Gasteiger partial charge in [-0.3, -0.25) is 4.79 Å². The monoisotopic (exact) mass is 173 g/mol. The van der Waals surface area contributed by atoms with Gasteiger partial charge in [-0.15, -0.1) is 0 Å². The highest BCUT2D eigenvalue weighted by Gasteiger charge is 2.68. The molecule has 1 aliphatic heterocycles. The molecule has 2 aliphatic rings. The summed E-state index contributed by atoms with van der Waals surface area (Å²) in [6, 6.07) is 0. The summed E-state index contributed by atoms with van der Waals surface area (Å²) < 4.78 is 18.1. The van der Waals surface area contributed by atoms with Crippen LogP contribution in [0.2, 0.25) is 0 Å². The van der Waals surface area contributed by atoms with Crippen molar-refractivity contribution in [2.75, 3.05) is 20.2 Å². The lowest BCUT2D eigenvalue weighted by Gasteiger charge is -2.09. The van der Waals surface area contributed by atoms with E-state index >= 15 is 0 Å². The van der Waals surface area contributed by atoms with E-state index in [0.29, 0.717) is 13.1 Å². The van der Waals surface area contributed by atoms with Crippen LogP contribution in [0.3, 0.4) is 0 Å². The van der Waals surface area contributed by atoms with Crippen molar-refractivity contribution in [1.82, 2.24) is 5.32 Å². The smallest absolute Gasteiger partial charge is 0.308 e. The highest BCUT2D eigenvalue weighted by molar-refractivity contribution is 5.71. The molecule has 3 atom stereocenters. The van der Waals surface area contributed by atoms with E-state index in [-0.39, 0.29) is 18.3 Å². The molecule has 0 aromatic carbocycles. The van der Waals surface area contributed by atoms with Crippen LogP contribution in [0.5, 0.6) is 0 Å². The van der Waals surface area contributed by atoms with Crippen molar-refractivity contribution in [3.8, 4) is 0 Å². The van der Waals surface area contributed by atoms with E-state index in [2.05, 4.69) is 10.1 Å². The van der Waals surface area contributed by atoms with E-state index in [4.69, 9.17) is 0 Å². The largest absolute Gasteiger partial charge is 0.469 e. The van der Waals surface area contributed by atoms with Crippen molar-refractivity contribution in [3.63, 3.8) is 0 Å². The van der Waals surface area contributed by atoms with Crippen molar-refractivity contribution >= 4 is 5.97 Å². The average Bonchev–Trinajstić information content (AvgIpc) is 2.54. The number of rotatable bonds is 2. The van der Waals surface area contributed by atoms with Crippen LogP contribution in [-0.4, -0.2) is 31.8 Å². The molecular formula is C8H12FNO2. The van der Waals surface area contributed by atoms with Crippen LogP contribution in [0, 0.1) is 11.8 Å². The summed E-state index contributed by atoms with van der Waals surface area (Å²) in [4.78, 5) is 10.8. The molecular weight excluding hydrogens is 161 g/mol. The summed E-state index contributed by atoms with van der Waals surface area (Å²) in [5.41, 5.74) is -1.25. The number of hydrogen-bond acceptors (Lipinski definition) is 3. The summed E-state index contributed by atoms with van der Waals surface area (Å²) in [7, 11) is 1.29. The van der Waals surface area contributed by atoms with Crippen LogP contribution in [0.4, 0.5) is 4.39 Å². The van der Waals surface area contributed by atoms with Gasteiger partial charge >= 0.3 is 5.97 Å². The average molecular weight is 173 g/mol. The molecule has 12 heavy (non-hydrogen) atoms. The molecule has 2 fully saturated rings. The normalized spacial score (nSPS) is 43.8. The number of nitrogens with one attached hydrogen (secondary N) is 1. The Kier molecular flexibility index (Phi) is 1.61. The predicted molar refractivity (Wildman–Crippen MR) is 40.3 cm³/mol. The number of alkyl halides is 1. The minimum Gasteiger partial charge on any atom is -0.469 e. The number of halogens is 1. The third-order valence-electron chi connectivity index (χ3n) is 2.98. The topological polar surface area (TPSA) is 38.3 Å². The van der Waals surface area contributed by atoms with E-state index in [0.717, 1.165) is 0 Å². The third-order valence-corrected chi connectivity index (χ3v) is 2.98. The van der Waals surface area contributed by atoms with Crippen molar-refractivity contribution < 1.29 is 13.9 Å². The summed E-state index contributed by atoms with van der Waals surface area (Å²) in [6.07, 6.45) is -0.0689. The molecule has 2 rings (SSSR count). The number of carbonyl (C=O) groups excluding carboxylic acids is 1. The van der Waals surface area contributed by atoms with Gasteiger partial charge in [-0.05, 0) is 0 Å². The molecule has 0 aromatic rings. The molecule has 1 heterocycles. The molecule has 4 heteroatoms. The van der Waals surface area contributed by atoms with Crippen molar-refractivity contribution in [2.24, 2.45) is 11.8 Å². The molecule has 68 valence electrons. The van der Waals surface area contributed by atoms with Gasteiger partial charge in [0.2, 0.25) is 0 Å². The molecule has 0 spiro atoms. The SMILES string of the molecule is COC(=O)CC1(F)[C@@H]2CNC[C@@H]21. The molecule has 1 aliphatic carbocycles. The van der Waals surface area contributed by atoms with E-state index in [1.807, 2.05) is 0 Å². The minimum atomic E-state index is -1.25. The number of hydrogen-bond donors (Lipinski definition) is 1. The molecule has 0 bridgehead atoms. The number of esters is 1. The Hall–Kier alpha value is -0.640. The van der Waals surface area contributed by atoms with Crippen molar-refractivity contribution in [1.29, 1.82) is 0 Å². The fraction of sp³-hybridized carbons (Fsp3) is 0.875. The van der Waals surface area contributed by atoms with Gasteiger partial charge in [0.1, 0.15) is 5.67 Å². The van der Waals surface area contributed by atoms with Gasteiger partial charge in [0.05, 0.1) is 13.5 Å². The van der Waals surface area contributed by atoms with Crippen LogP contribution in [-0.2, 0) is 9.53 Å². The Morgan fingerprint density at radius 3 is 2.75 bits per heavy atom. The van der Waals surface area contributed by atoms with Crippen LogP contribution in [0.1, 0.15) is 6.42 Å². The lowest BCUT2D eigenvalue weighted by Crippen LogP contribution is -2.26. The van der Waals surface area contributed by atoms with Gasteiger partial charge in [0.25, 0.3) is 0 Å². The summed E-state index contributed by atoms with van der Waals surface area (Å²) in [5.74, 6) is -0.333. The molecule has 0 radical (unpaired) electrons. The molecule has 1 saturated heterocycles. The number of piperidine rings is 1. The lowest BCUT2D eigenvalue weighted by molar-refractivity contribution is -0.142. The van der Waals surface area contributed by atoms with Crippen LogP contribution in [0.25, 0.3) is 0 Å². The highest BCUT2D eigenvalue weighted by Crippen LogP contribution is 2.57. The molecule has 0 amide bonds. The first-order chi connectivity index (χ1) is 5.68. The summed E-state index contributed by atoms with van der Waals surface area (Å²) >= 11 is 0. The Bertz CT molecular complexity index is 209. The van der Waals surface area contributed by atoms with Gasteiger partial charge in [-0.25, -0.2) is 4.39 Å². The van der Waals surface area contributed by atoms with Gasteiger partial charge < -0.3 is 10.1 Å². The first-order valence-corrected chi connectivity index (χ1v) is 4.15. The first-order valence-electron chi connectivity index (χ1n) is 4.15. The molecule has 1 unspecified atom stereocenters.